The molecule has 2 aromatic carbocycles. The number of nitrogen functional groups attached to an aromatic ring is 1. The molecule has 0 aliphatic heterocycles. The number of amides is 1. The van der Waals surface area contributed by atoms with Gasteiger partial charge in [0, 0.05) is 11.3 Å². The standard InChI is InChI=1S/C14H14N2O2/c15-13-8-4-7-12(9-13)14(17)16(18)10-11-5-2-1-3-6-11/h1-9,18H,10,15H2. The van der Waals surface area contributed by atoms with Gasteiger partial charge in [-0.15, -0.1) is 0 Å². The van der Waals surface area contributed by atoms with Gasteiger partial charge in [0.2, 0.25) is 0 Å². The van der Waals surface area contributed by atoms with Crippen LogP contribution in [0.1, 0.15) is 15.9 Å². The van der Waals surface area contributed by atoms with Gasteiger partial charge in [0.15, 0.2) is 0 Å². The van der Waals surface area contributed by atoms with E-state index in [1.165, 1.54) is 6.07 Å². The second-order valence-electron chi connectivity index (χ2n) is 3.97. The summed E-state index contributed by atoms with van der Waals surface area (Å²) in [6.45, 7) is 0.147. The van der Waals surface area contributed by atoms with E-state index in [4.69, 9.17) is 5.73 Å². The molecule has 0 aliphatic rings. The summed E-state index contributed by atoms with van der Waals surface area (Å²) < 4.78 is 0. The number of nitrogens with two attached hydrogens (primary N) is 1. The highest BCUT2D eigenvalue weighted by atomic mass is 16.5. The number of hydrogen-bond acceptors (Lipinski definition) is 3. The first-order valence-corrected chi connectivity index (χ1v) is 5.57. The van der Waals surface area contributed by atoms with Crippen molar-refractivity contribution in [2.75, 3.05) is 5.73 Å². The number of hydrogen-bond donors (Lipinski definition) is 2. The van der Waals surface area contributed by atoms with Gasteiger partial charge in [-0.1, -0.05) is 36.4 Å². The van der Waals surface area contributed by atoms with Crippen LogP contribution in [0.25, 0.3) is 0 Å². The lowest BCUT2D eigenvalue weighted by Crippen LogP contribution is -2.26. The number of carbonyl (C=O) groups is 1. The Bertz CT molecular complexity index is 541. The molecule has 0 fully saturated rings. The number of carbonyl (C=O) groups excluding carboxylic acids is 1. The number of hydroxylamine groups is 2. The third-order valence-electron chi connectivity index (χ3n) is 2.54. The highest BCUT2D eigenvalue weighted by Gasteiger charge is 2.13. The fraction of sp³-hybridized carbons (Fsp3) is 0.0714. The van der Waals surface area contributed by atoms with Gasteiger partial charge in [-0.25, -0.2) is 5.06 Å². The van der Waals surface area contributed by atoms with Crippen LogP contribution >= 0.6 is 0 Å². The Balaban J connectivity index is 2.10. The van der Waals surface area contributed by atoms with E-state index >= 15 is 0 Å². The Morgan fingerprint density at radius 1 is 1.11 bits per heavy atom. The molecule has 0 bridgehead atoms. The maximum absolute atomic E-state index is 11.9. The summed E-state index contributed by atoms with van der Waals surface area (Å²) in [5.41, 5.74) is 7.32. The fourth-order valence-corrected chi connectivity index (χ4v) is 1.65. The normalized spacial score (nSPS) is 10.1. The molecule has 0 radical (unpaired) electrons. The minimum atomic E-state index is -0.467. The third-order valence-corrected chi connectivity index (χ3v) is 2.54. The van der Waals surface area contributed by atoms with Crippen molar-refractivity contribution in [3.8, 4) is 0 Å². The van der Waals surface area contributed by atoms with E-state index in [2.05, 4.69) is 0 Å². The Labute approximate surface area is 105 Å². The number of anilines is 1. The zero-order chi connectivity index (χ0) is 13.0. The summed E-state index contributed by atoms with van der Waals surface area (Å²) in [5, 5.41) is 10.4. The zero-order valence-corrected chi connectivity index (χ0v) is 9.78. The van der Waals surface area contributed by atoms with Gasteiger partial charge in [0.05, 0.1) is 6.54 Å². The molecule has 0 heterocycles. The van der Waals surface area contributed by atoms with Gasteiger partial charge in [-0.3, -0.25) is 10.0 Å². The van der Waals surface area contributed by atoms with E-state index in [0.717, 1.165) is 5.56 Å². The average Bonchev–Trinajstić information content (AvgIpc) is 2.39. The van der Waals surface area contributed by atoms with Gasteiger partial charge in [0.25, 0.3) is 5.91 Å². The summed E-state index contributed by atoms with van der Waals surface area (Å²) in [7, 11) is 0. The first-order valence-electron chi connectivity index (χ1n) is 5.57. The Kier molecular flexibility index (Phi) is 3.60. The molecular weight excluding hydrogens is 228 g/mol. The first-order chi connectivity index (χ1) is 8.66. The second-order valence-corrected chi connectivity index (χ2v) is 3.97. The van der Waals surface area contributed by atoms with Crippen LogP contribution in [0.5, 0.6) is 0 Å². The van der Waals surface area contributed by atoms with E-state index in [1.54, 1.807) is 18.2 Å². The van der Waals surface area contributed by atoms with Crippen LogP contribution in [0.2, 0.25) is 0 Å². The lowest BCUT2D eigenvalue weighted by Gasteiger charge is -2.15. The molecule has 0 atom stereocenters. The van der Waals surface area contributed by atoms with Crippen LogP contribution in [0.4, 0.5) is 5.69 Å². The Hall–Kier alpha value is -2.33. The van der Waals surface area contributed by atoms with Crippen LogP contribution in [0.15, 0.2) is 54.6 Å². The van der Waals surface area contributed by atoms with Gasteiger partial charge in [0.1, 0.15) is 0 Å². The van der Waals surface area contributed by atoms with Crippen LogP contribution in [-0.2, 0) is 6.54 Å². The summed E-state index contributed by atoms with van der Waals surface area (Å²) in [6.07, 6.45) is 0. The molecule has 0 spiro atoms. The largest absolute Gasteiger partial charge is 0.399 e. The first kappa shape index (κ1) is 12.1. The van der Waals surface area contributed by atoms with Gasteiger partial charge in [-0.05, 0) is 23.8 Å². The molecule has 0 saturated carbocycles. The fourth-order valence-electron chi connectivity index (χ4n) is 1.65. The van der Waals surface area contributed by atoms with Crippen molar-refractivity contribution in [2.24, 2.45) is 0 Å². The van der Waals surface area contributed by atoms with Crippen LogP contribution in [0.3, 0.4) is 0 Å². The molecule has 18 heavy (non-hydrogen) atoms. The van der Waals surface area contributed by atoms with E-state index in [0.29, 0.717) is 16.3 Å². The second kappa shape index (κ2) is 5.33. The van der Waals surface area contributed by atoms with Crippen molar-refractivity contribution in [1.82, 2.24) is 5.06 Å². The van der Waals surface area contributed by atoms with E-state index < -0.39 is 5.91 Å². The molecular formula is C14H14N2O2. The van der Waals surface area contributed by atoms with E-state index in [9.17, 15) is 10.0 Å². The minimum absolute atomic E-state index is 0.147. The molecule has 92 valence electrons. The summed E-state index contributed by atoms with van der Waals surface area (Å²) in [4.78, 5) is 11.9. The molecule has 0 aromatic heterocycles. The molecule has 1 amide bonds. The summed E-state index contributed by atoms with van der Waals surface area (Å²) >= 11 is 0. The molecule has 3 N–H and O–H groups in total. The smallest absolute Gasteiger partial charge is 0.277 e. The number of nitrogens with zero attached hydrogens (tertiary/aromatic N) is 1. The predicted molar refractivity (Wildman–Crippen MR) is 69.0 cm³/mol. The minimum Gasteiger partial charge on any atom is -0.399 e. The van der Waals surface area contributed by atoms with Crippen LogP contribution in [-0.4, -0.2) is 16.2 Å². The maximum Gasteiger partial charge on any atom is 0.277 e. The topological polar surface area (TPSA) is 66.6 Å². The number of benzene rings is 2. The Morgan fingerprint density at radius 2 is 1.83 bits per heavy atom. The molecule has 0 aliphatic carbocycles. The molecule has 4 nitrogen and oxygen atoms in total. The van der Waals surface area contributed by atoms with E-state index in [1.807, 2.05) is 30.3 Å². The lowest BCUT2D eigenvalue weighted by molar-refractivity contribution is -0.0648. The summed E-state index contributed by atoms with van der Waals surface area (Å²) in [6, 6.07) is 15.8. The van der Waals surface area contributed by atoms with Crippen LogP contribution < -0.4 is 5.73 Å². The van der Waals surface area contributed by atoms with Crippen molar-refractivity contribution >= 4 is 11.6 Å². The van der Waals surface area contributed by atoms with Crippen molar-refractivity contribution < 1.29 is 10.0 Å². The third kappa shape index (κ3) is 2.87. The molecule has 2 rings (SSSR count). The predicted octanol–water partition coefficient (Wildman–Crippen LogP) is 2.30. The van der Waals surface area contributed by atoms with Crippen molar-refractivity contribution in [2.45, 2.75) is 6.54 Å². The molecule has 2 aromatic rings. The van der Waals surface area contributed by atoms with Crippen LogP contribution in [0, 0.1) is 0 Å². The molecule has 0 saturated heterocycles. The maximum atomic E-state index is 11.9. The van der Waals surface area contributed by atoms with Crippen molar-refractivity contribution in [3.63, 3.8) is 0 Å². The highest BCUT2D eigenvalue weighted by molar-refractivity contribution is 5.94. The SMILES string of the molecule is Nc1cccc(C(=O)N(O)Cc2ccccc2)c1. The van der Waals surface area contributed by atoms with Crippen molar-refractivity contribution in [3.05, 3.63) is 65.7 Å². The van der Waals surface area contributed by atoms with Crippen molar-refractivity contribution in [1.29, 1.82) is 0 Å². The van der Waals surface area contributed by atoms with Gasteiger partial charge >= 0.3 is 0 Å². The lowest BCUT2D eigenvalue weighted by atomic mass is 10.1. The Morgan fingerprint density at radius 3 is 2.50 bits per heavy atom. The average molecular weight is 242 g/mol. The number of rotatable bonds is 3. The van der Waals surface area contributed by atoms with Gasteiger partial charge in [-0.2, -0.15) is 0 Å². The summed E-state index contributed by atoms with van der Waals surface area (Å²) in [5.74, 6) is -0.467. The zero-order valence-electron chi connectivity index (χ0n) is 9.78. The quantitative estimate of drug-likeness (QED) is 0.493. The highest BCUT2D eigenvalue weighted by Crippen LogP contribution is 2.11. The monoisotopic (exact) mass is 242 g/mol. The van der Waals surface area contributed by atoms with Gasteiger partial charge < -0.3 is 5.73 Å². The molecule has 4 heteroatoms. The van der Waals surface area contributed by atoms with E-state index in [-0.39, 0.29) is 6.54 Å². The molecule has 0 unspecified atom stereocenters.